The van der Waals surface area contributed by atoms with Gasteiger partial charge in [0.05, 0.1) is 0 Å². The zero-order valence-electron chi connectivity index (χ0n) is 6.26. The first-order valence-corrected chi connectivity index (χ1v) is 3.57. The van der Waals surface area contributed by atoms with Crippen molar-refractivity contribution in [1.82, 2.24) is 0 Å². The summed E-state index contributed by atoms with van der Waals surface area (Å²) in [6.07, 6.45) is 1.59. The molecule has 3 heteroatoms. The van der Waals surface area contributed by atoms with Crippen molar-refractivity contribution in [2.24, 2.45) is 0 Å². The monoisotopic (exact) mass is 130 g/mol. The molecular weight excluding hydrogens is 115 g/mol. The van der Waals surface area contributed by atoms with E-state index in [0.717, 1.165) is 19.2 Å². The highest BCUT2D eigenvalue weighted by molar-refractivity contribution is 6.50. The van der Waals surface area contributed by atoms with Crippen molar-refractivity contribution < 1.29 is 9.76 Å². The first kappa shape index (κ1) is 8.98. The molecular formula is C6H15BO2. The molecule has 0 saturated carbocycles. The lowest BCUT2D eigenvalue weighted by atomic mass is 9.63. The Hall–Kier alpha value is -0.0151. The smallest absolute Gasteiger partial charge is 0.290 e. The van der Waals surface area contributed by atoms with Crippen molar-refractivity contribution in [3.63, 3.8) is 0 Å². The molecule has 1 N–H and O–H groups in total. The Labute approximate surface area is 57.3 Å². The largest absolute Gasteiger partial charge is 0.450 e. The van der Waals surface area contributed by atoms with Gasteiger partial charge in [-0.05, 0) is 13.2 Å². The predicted molar refractivity (Wildman–Crippen MR) is 39.8 cm³/mol. The quantitative estimate of drug-likeness (QED) is 0.444. The molecule has 0 aromatic rings. The number of hydrogen-bond donors (Lipinski definition) is 1. The molecule has 0 heterocycles. The van der Waals surface area contributed by atoms with Crippen molar-refractivity contribution in [3.8, 4) is 0 Å². The lowest BCUT2D eigenvalue weighted by Gasteiger charge is -2.01. The Balaban J connectivity index is 2.88. The van der Waals surface area contributed by atoms with Crippen molar-refractivity contribution in [2.75, 3.05) is 13.2 Å². The Morgan fingerprint density at radius 2 is 2.11 bits per heavy atom. The van der Waals surface area contributed by atoms with Gasteiger partial charge in [0.2, 0.25) is 0 Å². The molecule has 0 aliphatic heterocycles. The maximum Gasteiger partial charge on any atom is 0.290 e. The number of rotatable bonds is 5. The van der Waals surface area contributed by atoms with Crippen LogP contribution >= 0.6 is 0 Å². The summed E-state index contributed by atoms with van der Waals surface area (Å²) in [5.41, 5.74) is 0. The molecule has 0 fully saturated rings. The second-order valence-electron chi connectivity index (χ2n) is 2.05. The highest BCUT2D eigenvalue weighted by Gasteiger charge is 2.05. The molecule has 0 amide bonds. The zero-order valence-corrected chi connectivity index (χ0v) is 6.26. The molecule has 0 aromatic carbocycles. The molecule has 0 spiro atoms. The molecule has 0 unspecified atom stereocenters. The maximum atomic E-state index is 9.00. The fraction of sp³-hybridized carbons (Fsp3) is 1.00. The molecule has 54 valence electrons. The molecule has 0 bridgehead atoms. The SMILES string of the molecule is CCOCCB(O)CC. The molecule has 0 aliphatic carbocycles. The van der Waals surface area contributed by atoms with Crippen LogP contribution in [0.2, 0.25) is 12.6 Å². The van der Waals surface area contributed by atoms with E-state index in [9.17, 15) is 0 Å². The van der Waals surface area contributed by atoms with E-state index < -0.39 is 0 Å². The van der Waals surface area contributed by atoms with Crippen molar-refractivity contribution in [2.45, 2.75) is 26.5 Å². The fourth-order valence-electron chi connectivity index (χ4n) is 0.568. The Kier molecular flexibility index (Phi) is 6.10. The van der Waals surface area contributed by atoms with Crippen LogP contribution in [0.1, 0.15) is 13.8 Å². The molecule has 0 radical (unpaired) electrons. The summed E-state index contributed by atoms with van der Waals surface area (Å²) < 4.78 is 5.05. The molecule has 0 aliphatic rings. The van der Waals surface area contributed by atoms with Crippen LogP contribution in [-0.2, 0) is 4.74 Å². The second-order valence-corrected chi connectivity index (χ2v) is 2.05. The Bertz CT molecular complexity index is 59.0. The topological polar surface area (TPSA) is 29.5 Å². The summed E-state index contributed by atoms with van der Waals surface area (Å²) >= 11 is 0. The summed E-state index contributed by atoms with van der Waals surface area (Å²) in [4.78, 5) is 0. The molecule has 9 heavy (non-hydrogen) atoms. The van der Waals surface area contributed by atoms with Gasteiger partial charge in [0, 0.05) is 13.2 Å². The van der Waals surface area contributed by atoms with Gasteiger partial charge in [-0.1, -0.05) is 13.2 Å². The van der Waals surface area contributed by atoms with Crippen molar-refractivity contribution >= 4 is 6.92 Å². The van der Waals surface area contributed by atoms with Crippen LogP contribution < -0.4 is 0 Å². The van der Waals surface area contributed by atoms with E-state index in [0.29, 0.717) is 6.61 Å². The van der Waals surface area contributed by atoms with Crippen LogP contribution in [0.5, 0.6) is 0 Å². The zero-order chi connectivity index (χ0) is 7.11. The highest BCUT2D eigenvalue weighted by atomic mass is 16.5. The second kappa shape index (κ2) is 6.11. The van der Waals surface area contributed by atoms with Gasteiger partial charge in [-0.25, -0.2) is 0 Å². The number of ether oxygens (including phenoxy) is 1. The summed E-state index contributed by atoms with van der Waals surface area (Å²) in [6, 6.07) is 0. The third-order valence-electron chi connectivity index (χ3n) is 1.27. The predicted octanol–water partition coefficient (Wildman–Crippen LogP) is 1.03. The summed E-state index contributed by atoms with van der Waals surface area (Å²) in [6.45, 7) is 5.19. The summed E-state index contributed by atoms with van der Waals surface area (Å²) in [5, 5.41) is 9.00. The first-order valence-electron chi connectivity index (χ1n) is 3.57. The van der Waals surface area contributed by atoms with Gasteiger partial charge in [0.25, 0.3) is 6.92 Å². The average molecular weight is 130 g/mol. The lowest BCUT2D eigenvalue weighted by molar-refractivity contribution is 0.159. The molecule has 0 atom stereocenters. The van der Waals surface area contributed by atoms with E-state index in [1.54, 1.807) is 0 Å². The van der Waals surface area contributed by atoms with E-state index in [1.807, 2.05) is 13.8 Å². The van der Waals surface area contributed by atoms with Gasteiger partial charge in [-0.2, -0.15) is 0 Å². The molecule has 0 rings (SSSR count). The minimum absolute atomic E-state index is 0.170. The molecule has 0 saturated heterocycles. The standard InChI is InChI=1S/C6H15BO2/c1-3-7(8)5-6-9-4-2/h8H,3-6H2,1-2H3. The Morgan fingerprint density at radius 3 is 2.56 bits per heavy atom. The summed E-state index contributed by atoms with van der Waals surface area (Å²) in [5.74, 6) is 0. The van der Waals surface area contributed by atoms with Crippen molar-refractivity contribution in [1.29, 1.82) is 0 Å². The van der Waals surface area contributed by atoms with E-state index in [-0.39, 0.29) is 6.92 Å². The van der Waals surface area contributed by atoms with E-state index in [2.05, 4.69) is 0 Å². The Morgan fingerprint density at radius 1 is 1.44 bits per heavy atom. The number of hydrogen-bond acceptors (Lipinski definition) is 2. The minimum atomic E-state index is -0.170. The van der Waals surface area contributed by atoms with Crippen LogP contribution in [0.4, 0.5) is 0 Å². The van der Waals surface area contributed by atoms with E-state index >= 15 is 0 Å². The van der Waals surface area contributed by atoms with Gasteiger partial charge in [0.1, 0.15) is 0 Å². The van der Waals surface area contributed by atoms with E-state index in [1.165, 1.54) is 0 Å². The fourth-order valence-corrected chi connectivity index (χ4v) is 0.568. The van der Waals surface area contributed by atoms with Crippen LogP contribution in [0.25, 0.3) is 0 Å². The first-order chi connectivity index (χ1) is 4.31. The summed E-state index contributed by atoms with van der Waals surface area (Å²) in [7, 11) is 0. The van der Waals surface area contributed by atoms with Crippen LogP contribution in [0, 0.1) is 0 Å². The van der Waals surface area contributed by atoms with E-state index in [4.69, 9.17) is 9.76 Å². The third kappa shape index (κ3) is 5.86. The molecule has 2 nitrogen and oxygen atoms in total. The molecule has 0 aromatic heterocycles. The minimum Gasteiger partial charge on any atom is -0.450 e. The van der Waals surface area contributed by atoms with Crippen LogP contribution in [0.3, 0.4) is 0 Å². The third-order valence-corrected chi connectivity index (χ3v) is 1.27. The van der Waals surface area contributed by atoms with Gasteiger partial charge in [0.15, 0.2) is 0 Å². The highest BCUT2D eigenvalue weighted by Crippen LogP contribution is 1.94. The normalized spacial score (nSPS) is 9.67. The van der Waals surface area contributed by atoms with Gasteiger partial charge >= 0.3 is 0 Å². The van der Waals surface area contributed by atoms with Crippen LogP contribution in [0.15, 0.2) is 0 Å². The van der Waals surface area contributed by atoms with Gasteiger partial charge in [-0.15, -0.1) is 0 Å². The maximum absolute atomic E-state index is 9.00. The average Bonchev–Trinajstić information content (AvgIpc) is 1.89. The lowest BCUT2D eigenvalue weighted by Crippen LogP contribution is -2.12. The van der Waals surface area contributed by atoms with Crippen LogP contribution in [-0.4, -0.2) is 25.2 Å². The van der Waals surface area contributed by atoms with Gasteiger partial charge in [-0.3, -0.25) is 0 Å². The van der Waals surface area contributed by atoms with Gasteiger partial charge < -0.3 is 9.76 Å². The van der Waals surface area contributed by atoms with Crippen molar-refractivity contribution in [3.05, 3.63) is 0 Å².